The summed E-state index contributed by atoms with van der Waals surface area (Å²) in [5, 5.41) is 21.4. The van der Waals surface area contributed by atoms with E-state index in [1.54, 1.807) is 18.6 Å². The Bertz CT molecular complexity index is 391. The summed E-state index contributed by atoms with van der Waals surface area (Å²) in [5.41, 5.74) is 0. The van der Waals surface area contributed by atoms with Crippen molar-refractivity contribution in [1.82, 2.24) is 10.1 Å². The molecular formula is C13H23BN2O4. The summed E-state index contributed by atoms with van der Waals surface area (Å²) in [6.07, 6.45) is 4.64. The van der Waals surface area contributed by atoms with E-state index in [0.29, 0.717) is 12.3 Å². The minimum atomic E-state index is -0.919. The first-order valence-corrected chi connectivity index (χ1v) is 7.41. The van der Waals surface area contributed by atoms with Crippen molar-refractivity contribution in [3.05, 3.63) is 0 Å². The summed E-state index contributed by atoms with van der Waals surface area (Å²) in [7, 11) is -0.790. The summed E-state index contributed by atoms with van der Waals surface area (Å²) in [5.74, 6) is -0.822. The van der Waals surface area contributed by atoms with Crippen LogP contribution >= 0.6 is 0 Å². The van der Waals surface area contributed by atoms with Crippen LogP contribution in [0, 0.1) is 5.92 Å². The Hall–Kier alpha value is -1.08. The zero-order valence-electron chi connectivity index (χ0n) is 12.1. The second kappa shape index (κ2) is 6.14. The van der Waals surface area contributed by atoms with Crippen molar-refractivity contribution in [1.29, 1.82) is 0 Å². The molecule has 3 N–H and O–H groups in total. The monoisotopic (exact) mass is 282 g/mol. The summed E-state index contributed by atoms with van der Waals surface area (Å²) in [4.78, 5) is 25.5. The van der Waals surface area contributed by atoms with E-state index in [1.165, 1.54) is 0 Å². The second-order valence-electron chi connectivity index (χ2n) is 6.01. The molecule has 7 heteroatoms. The molecule has 4 atom stereocenters. The van der Waals surface area contributed by atoms with Crippen LogP contribution in [0.25, 0.3) is 0 Å². The van der Waals surface area contributed by atoms with Crippen molar-refractivity contribution in [3.8, 4) is 0 Å². The number of nitrogens with one attached hydrogen (secondary N) is 1. The highest BCUT2D eigenvalue weighted by molar-refractivity contribution is 6.46. The van der Waals surface area contributed by atoms with Crippen LogP contribution in [0.2, 0.25) is 6.82 Å². The third kappa shape index (κ3) is 2.98. The van der Waals surface area contributed by atoms with E-state index in [9.17, 15) is 19.7 Å². The van der Waals surface area contributed by atoms with Crippen LogP contribution in [0.3, 0.4) is 0 Å². The third-order valence-corrected chi connectivity index (χ3v) is 4.49. The number of likely N-dealkylation sites (tertiary alicyclic amines) is 1. The maximum absolute atomic E-state index is 12.5. The van der Waals surface area contributed by atoms with Gasteiger partial charge in [0.1, 0.15) is 6.04 Å². The molecule has 2 fully saturated rings. The van der Waals surface area contributed by atoms with Crippen LogP contribution in [0.1, 0.15) is 39.0 Å². The third-order valence-electron chi connectivity index (χ3n) is 4.49. The molecule has 2 rings (SSSR count). The minimum absolute atomic E-state index is 0.0515. The van der Waals surface area contributed by atoms with Crippen molar-refractivity contribution in [3.63, 3.8) is 0 Å². The first-order valence-electron chi connectivity index (χ1n) is 7.41. The number of rotatable bonds is 4. The van der Waals surface area contributed by atoms with Gasteiger partial charge in [0.25, 0.3) is 0 Å². The fourth-order valence-corrected chi connectivity index (χ4v) is 3.65. The molecule has 20 heavy (non-hydrogen) atoms. The number of aliphatic carboxylic acids is 1. The van der Waals surface area contributed by atoms with Crippen LogP contribution < -0.4 is 5.23 Å². The highest BCUT2D eigenvalue weighted by Gasteiger charge is 2.48. The van der Waals surface area contributed by atoms with E-state index in [0.717, 1.165) is 25.7 Å². The molecule has 0 bridgehead atoms. The molecule has 1 heterocycles. The molecule has 112 valence electrons. The number of carbonyl (C=O) groups excluding carboxylic acids is 1. The molecule has 2 aliphatic rings. The van der Waals surface area contributed by atoms with Crippen molar-refractivity contribution in [2.75, 3.05) is 0 Å². The van der Waals surface area contributed by atoms with Crippen LogP contribution in [0.5, 0.6) is 0 Å². The number of carboxylic acids is 1. The SMILES string of the molecule is CB(O)N[C@@H](C)C(=O)N1[C@@H](C(=O)O)C[C@H]2CCCC[C@H]21. The maximum atomic E-state index is 12.5. The molecular weight excluding hydrogens is 259 g/mol. The van der Waals surface area contributed by atoms with Crippen LogP contribution in [-0.4, -0.2) is 52.1 Å². The number of carboxylic acid groups (broad SMARTS) is 1. The number of hydrogen-bond acceptors (Lipinski definition) is 4. The summed E-state index contributed by atoms with van der Waals surface area (Å²) in [6, 6.07) is -1.23. The molecule has 1 amide bonds. The van der Waals surface area contributed by atoms with Gasteiger partial charge in [0.05, 0.1) is 6.04 Å². The number of amides is 1. The largest absolute Gasteiger partial charge is 0.480 e. The molecule has 0 aromatic carbocycles. The Kier molecular flexibility index (Phi) is 4.70. The van der Waals surface area contributed by atoms with Gasteiger partial charge in [0, 0.05) is 6.04 Å². The quantitative estimate of drug-likeness (QED) is 0.646. The smallest absolute Gasteiger partial charge is 0.374 e. The van der Waals surface area contributed by atoms with E-state index in [-0.39, 0.29) is 11.9 Å². The van der Waals surface area contributed by atoms with Gasteiger partial charge in [0.2, 0.25) is 5.91 Å². The van der Waals surface area contributed by atoms with Gasteiger partial charge < -0.3 is 20.3 Å². The number of carbonyl (C=O) groups is 2. The lowest BCUT2D eigenvalue weighted by Crippen LogP contribution is -2.55. The van der Waals surface area contributed by atoms with E-state index in [1.807, 2.05) is 0 Å². The Morgan fingerprint density at radius 2 is 2.00 bits per heavy atom. The second-order valence-corrected chi connectivity index (χ2v) is 6.01. The van der Waals surface area contributed by atoms with Crippen molar-refractivity contribution >= 4 is 18.9 Å². The van der Waals surface area contributed by atoms with Gasteiger partial charge in [-0.15, -0.1) is 0 Å². The first-order chi connectivity index (χ1) is 9.41. The molecule has 0 radical (unpaired) electrons. The summed E-state index contributed by atoms with van der Waals surface area (Å²) >= 11 is 0. The van der Waals surface area contributed by atoms with Crippen LogP contribution in [0.15, 0.2) is 0 Å². The normalized spacial score (nSPS) is 30.8. The zero-order chi connectivity index (χ0) is 14.9. The van der Waals surface area contributed by atoms with E-state index in [4.69, 9.17) is 0 Å². The fraction of sp³-hybridized carbons (Fsp3) is 0.846. The molecule has 0 unspecified atom stereocenters. The van der Waals surface area contributed by atoms with Crippen molar-refractivity contribution < 1.29 is 19.7 Å². The van der Waals surface area contributed by atoms with Gasteiger partial charge >= 0.3 is 13.0 Å². The molecule has 1 saturated heterocycles. The van der Waals surface area contributed by atoms with Crippen LogP contribution in [0.4, 0.5) is 0 Å². The Morgan fingerprint density at radius 3 is 2.60 bits per heavy atom. The van der Waals surface area contributed by atoms with Crippen molar-refractivity contribution in [2.45, 2.75) is 64.0 Å². The van der Waals surface area contributed by atoms with Crippen LogP contribution in [-0.2, 0) is 9.59 Å². The predicted octanol–water partition coefficient (Wildman–Crippen LogP) is 0.319. The Balaban J connectivity index is 2.16. The average molecular weight is 282 g/mol. The summed E-state index contributed by atoms with van der Waals surface area (Å²) < 4.78 is 0. The van der Waals surface area contributed by atoms with E-state index >= 15 is 0 Å². The molecule has 6 nitrogen and oxygen atoms in total. The Labute approximate surface area is 119 Å². The summed E-state index contributed by atoms with van der Waals surface area (Å²) in [6.45, 7) is 3.22. The van der Waals surface area contributed by atoms with Gasteiger partial charge in [-0.3, -0.25) is 4.79 Å². The first kappa shape index (κ1) is 15.3. The number of nitrogens with zero attached hydrogens (tertiary/aromatic N) is 1. The number of hydrogen-bond donors (Lipinski definition) is 3. The lowest BCUT2D eigenvalue weighted by atomic mass is 9.84. The van der Waals surface area contributed by atoms with Gasteiger partial charge in [-0.1, -0.05) is 12.8 Å². The zero-order valence-corrected chi connectivity index (χ0v) is 12.1. The minimum Gasteiger partial charge on any atom is -0.480 e. The van der Waals surface area contributed by atoms with Gasteiger partial charge in [-0.25, -0.2) is 4.79 Å². The molecule has 0 aromatic rings. The van der Waals surface area contributed by atoms with Gasteiger partial charge in [0.15, 0.2) is 0 Å². The lowest BCUT2D eigenvalue weighted by Gasteiger charge is -2.34. The average Bonchev–Trinajstić information content (AvgIpc) is 2.76. The highest BCUT2D eigenvalue weighted by Crippen LogP contribution is 2.40. The van der Waals surface area contributed by atoms with Gasteiger partial charge in [-0.05, 0) is 38.9 Å². The highest BCUT2D eigenvalue weighted by atomic mass is 16.4. The topological polar surface area (TPSA) is 89.9 Å². The Morgan fingerprint density at radius 1 is 1.35 bits per heavy atom. The molecule has 0 aromatic heterocycles. The van der Waals surface area contributed by atoms with Crippen molar-refractivity contribution in [2.24, 2.45) is 5.92 Å². The van der Waals surface area contributed by atoms with E-state index in [2.05, 4.69) is 5.23 Å². The maximum Gasteiger partial charge on any atom is 0.374 e. The molecule has 0 spiro atoms. The molecule has 1 aliphatic heterocycles. The fourth-order valence-electron chi connectivity index (χ4n) is 3.65. The lowest BCUT2D eigenvalue weighted by molar-refractivity contribution is -0.150. The standard InChI is InChI=1S/C13H23BN2O4/c1-8(15-14(2)20)12(17)16-10-6-4-3-5-9(10)7-11(16)13(18)19/h8-11,15,20H,3-7H2,1-2H3,(H,18,19)/t8-,9+,10+,11+/m0/s1. The predicted molar refractivity (Wildman–Crippen MR) is 75.1 cm³/mol. The molecule has 1 saturated carbocycles. The van der Waals surface area contributed by atoms with Gasteiger partial charge in [-0.2, -0.15) is 0 Å². The molecule has 1 aliphatic carbocycles. The van der Waals surface area contributed by atoms with E-state index < -0.39 is 25.1 Å². The number of fused-ring (bicyclic) bond motifs is 1.